The number of nitrogens with zero attached hydrogens (tertiary/aromatic N) is 1. The summed E-state index contributed by atoms with van der Waals surface area (Å²) in [5, 5.41) is 2.42. The molecular formula is C24H17Br2NO. The standard InChI is InChI=1S/C24H17Br2NO/c25-20-13-19(15-27-21-10-2-1-3-11-21)24(23(26)14-20)28-16-18-9-6-8-17-7-4-5-12-22(17)18/h1-15H,16H2. The van der Waals surface area contributed by atoms with Crippen LogP contribution < -0.4 is 4.74 Å². The lowest BCUT2D eigenvalue weighted by atomic mass is 10.1. The average molecular weight is 495 g/mol. The predicted molar refractivity (Wildman–Crippen MR) is 124 cm³/mol. The topological polar surface area (TPSA) is 21.6 Å². The van der Waals surface area contributed by atoms with Crippen molar-refractivity contribution in [3.63, 3.8) is 0 Å². The number of rotatable bonds is 5. The first-order valence-corrected chi connectivity index (χ1v) is 10.5. The van der Waals surface area contributed by atoms with Crippen molar-refractivity contribution >= 4 is 54.5 Å². The van der Waals surface area contributed by atoms with Gasteiger partial charge < -0.3 is 4.74 Å². The summed E-state index contributed by atoms with van der Waals surface area (Å²) < 4.78 is 8.10. The number of benzene rings is 4. The maximum absolute atomic E-state index is 6.25. The van der Waals surface area contributed by atoms with Crippen LogP contribution in [0.5, 0.6) is 5.75 Å². The Morgan fingerprint density at radius 1 is 0.821 bits per heavy atom. The lowest BCUT2D eigenvalue weighted by Gasteiger charge is -2.13. The first kappa shape index (κ1) is 18.9. The Morgan fingerprint density at radius 3 is 2.43 bits per heavy atom. The van der Waals surface area contributed by atoms with Crippen LogP contribution in [-0.4, -0.2) is 6.21 Å². The zero-order valence-electron chi connectivity index (χ0n) is 15.0. The molecule has 28 heavy (non-hydrogen) atoms. The fourth-order valence-corrected chi connectivity index (χ4v) is 4.43. The molecule has 138 valence electrons. The lowest BCUT2D eigenvalue weighted by Crippen LogP contribution is -2.00. The second kappa shape index (κ2) is 8.72. The second-order valence-corrected chi connectivity index (χ2v) is 8.10. The van der Waals surface area contributed by atoms with E-state index in [1.54, 1.807) is 0 Å². The summed E-state index contributed by atoms with van der Waals surface area (Å²) in [6.07, 6.45) is 1.84. The fourth-order valence-electron chi connectivity index (χ4n) is 3.05. The molecule has 0 heterocycles. The highest BCUT2D eigenvalue weighted by Gasteiger charge is 2.10. The molecule has 0 fully saturated rings. The highest BCUT2D eigenvalue weighted by Crippen LogP contribution is 2.33. The van der Waals surface area contributed by atoms with Crippen LogP contribution in [0.25, 0.3) is 10.8 Å². The molecule has 2 nitrogen and oxygen atoms in total. The number of para-hydroxylation sites is 1. The maximum atomic E-state index is 6.25. The number of fused-ring (bicyclic) bond motifs is 1. The van der Waals surface area contributed by atoms with E-state index in [1.807, 2.05) is 48.7 Å². The first-order chi connectivity index (χ1) is 13.7. The van der Waals surface area contributed by atoms with Gasteiger partial charge in [-0.1, -0.05) is 76.6 Å². The quantitative estimate of drug-likeness (QED) is 0.260. The van der Waals surface area contributed by atoms with Crippen molar-refractivity contribution in [2.75, 3.05) is 0 Å². The molecule has 0 saturated carbocycles. The van der Waals surface area contributed by atoms with E-state index in [0.29, 0.717) is 6.61 Å². The molecule has 0 unspecified atom stereocenters. The van der Waals surface area contributed by atoms with Crippen LogP contribution in [0.15, 0.2) is 98.9 Å². The lowest BCUT2D eigenvalue weighted by molar-refractivity contribution is 0.305. The van der Waals surface area contributed by atoms with Crippen molar-refractivity contribution in [1.29, 1.82) is 0 Å². The van der Waals surface area contributed by atoms with Crippen LogP contribution in [0.4, 0.5) is 5.69 Å². The highest BCUT2D eigenvalue weighted by atomic mass is 79.9. The molecule has 0 amide bonds. The monoisotopic (exact) mass is 493 g/mol. The Kier molecular flexibility index (Phi) is 5.89. The molecule has 0 aromatic heterocycles. The van der Waals surface area contributed by atoms with E-state index in [2.05, 4.69) is 79.3 Å². The number of halogens is 2. The van der Waals surface area contributed by atoms with Gasteiger partial charge in [0.15, 0.2) is 0 Å². The van der Waals surface area contributed by atoms with Gasteiger partial charge in [0.25, 0.3) is 0 Å². The number of aliphatic imine (C=N–C) groups is 1. The van der Waals surface area contributed by atoms with Crippen LogP contribution >= 0.6 is 31.9 Å². The molecule has 4 aromatic rings. The minimum atomic E-state index is 0.480. The van der Waals surface area contributed by atoms with Gasteiger partial charge in [-0.3, -0.25) is 4.99 Å². The predicted octanol–water partition coefficient (Wildman–Crippen LogP) is 7.69. The summed E-state index contributed by atoms with van der Waals surface area (Å²) in [6.45, 7) is 0.480. The molecule has 4 heteroatoms. The summed E-state index contributed by atoms with van der Waals surface area (Å²) in [5.41, 5.74) is 2.96. The molecule has 0 aliphatic rings. The maximum Gasteiger partial charge on any atom is 0.142 e. The number of hydrogen-bond acceptors (Lipinski definition) is 2. The van der Waals surface area contributed by atoms with Crippen molar-refractivity contribution in [3.8, 4) is 5.75 Å². The average Bonchev–Trinajstić information content (AvgIpc) is 2.72. The van der Waals surface area contributed by atoms with E-state index in [4.69, 9.17) is 4.74 Å². The Labute approximate surface area is 181 Å². The van der Waals surface area contributed by atoms with Gasteiger partial charge in [0.1, 0.15) is 12.4 Å². The van der Waals surface area contributed by atoms with Crippen molar-refractivity contribution in [2.24, 2.45) is 4.99 Å². The van der Waals surface area contributed by atoms with Crippen molar-refractivity contribution in [2.45, 2.75) is 6.61 Å². The van der Waals surface area contributed by atoms with E-state index in [9.17, 15) is 0 Å². The third kappa shape index (κ3) is 4.34. The Hall–Kier alpha value is -2.43. The SMILES string of the molecule is Brc1cc(Br)c(OCc2cccc3ccccc23)c(C=Nc2ccccc2)c1. The molecular weight excluding hydrogens is 478 g/mol. The molecule has 4 rings (SSSR count). The Bertz CT molecular complexity index is 1130. The van der Waals surface area contributed by atoms with Crippen LogP contribution in [0.1, 0.15) is 11.1 Å². The highest BCUT2D eigenvalue weighted by molar-refractivity contribution is 9.11. The van der Waals surface area contributed by atoms with E-state index < -0.39 is 0 Å². The zero-order chi connectivity index (χ0) is 19.3. The normalized spacial score (nSPS) is 11.2. The number of ether oxygens (including phenoxy) is 1. The van der Waals surface area contributed by atoms with E-state index in [1.165, 1.54) is 10.8 Å². The minimum absolute atomic E-state index is 0.480. The third-order valence-corrected chi connectivity index (χ3v) is 5.44. The largest absolute Gasteiger partial charge is 0.487 e. The van der Waals surface area contributed by atoms with E-state index in [-0.39, 0.29) is 0 Å². The van der Waals surface area contributed by atoms with Gasteiger partial charge in [0.2, 0.25) is 0 Å². The fraction of sp³-hybridized carbons (Fsp3) is 0.0417. The van der Waals surface area contributed by atoms with Gasteiger partial charge in [-0.05, 0) is 56.5 Å². The molecule has 0 aliphatic carbocycles. The molecule has 0 spiro atoms. The summed E-state index contributed by atoms with van der Waals surface area (Å²) in [5.74, 6) is 0.774. The summed E-state index contributed by atoms with van der Waals surface area (Å²) in [7, 11) is 0. The molecule has 0 radical (unpaired) electrons. The first-order valence-electron chi connectivity index (χ1n) is 8.88. The van der Waals surface area contributed by atoms with Crippen molar-refractivity contribution in [1.82, 2.24) is 0 Å². The zero-order valence-corrected chi connectivity index (χ0v) is 18.2. The molecule has 4 aromatic carbocycles. The summed E-state index contributed by atoms with van der Waals surface area (Å²) in [6, 6.07) is 28.5. The van der Waals surface area contributed by atoms with Gasteiger partial charge >= 0.3 is 0 Å². The molecule has 0 saturated heterocycles. The van der Waals surface area contributed by atoms with Crippen LogP contribution in [0.2, 0.25) is 0 Å². The van der Waals surface area contributed by atoms with Gasteiger partial charge in [-0.2, -0.15) is 0 Å². The Morgan fingerprint density at radius 2 is 1.57 bits per heavy atom. The van der Waals surface area contributed by atoms with Gasteiger partial charge in [-0.15, -0.1) is 0 Å². The molecule has 0 bridgehead atoms. The van der Waals surface area contributed by atoms with Crippen molar-refractivity contribution < 1.29 is 4.74 Å². The van der Waals surface area contributed by atoms with Gasteiger partial charge in [0.05, 0.1) is 10.2 Å². The second-order valence-electron chi connectivity index (χ2n) is 6.33. The minimum Gasteiger partial charge on any atom is -0.487 e. The van der Waals surface area contributed by atoms with E-state index >= 15 is 0 Å². The molecule has 0 aliphatic heterocycles. The van der Waals surface area contributed by atoms with Crippen LogP contribution in [-0.2, 0) is 6.61 Å². The molecule has 0 N–H and O–H groups in total. The number of hydrogen-bond donors (Lipinski definition) is 0. The summed E-state index contributed by atoms with van der Waals surface area (Å²) >= 11 is 7.19. The Balaban J connectivity index is 1.64. The van der Waals surface area contributed by atoms with Crippen LogP contribution in [0.3, 0.4) is 0 Å². The van der Waals surface area contributed by atoms with Gasteiger partial charge in [0, 0.05) is 16.3 Å². The van der Waals surface area contributed by atoms with E-state index in [0.717, 1.165) is 31.5 Å². The van der Waals surface area contributed by atoms with Gasteiger partial charge in [-0.25, -0.2) is 0 Å². The summed E-state index contributed by atoms with van der Waals surface area (Å²) in [4.78, 5) is 4.58. The molecule has 0 atom stereocenters. The smallest absolute Gasteiger partial charge is 0.142 e. The van der Waals surface area contributed by atoms with Crippen LogP contribution in [0, 0.1) is 0 Å². The third-order valence-electron chi connectivity index (χ3n) is 4.40. The van der Waals surface area contributed by atoms with Crippen molar-refractivity contribution in [3.05, 3.63) is 105 Å².